The lowest BCUT2D eigenvalue weighted by molar-refractivity contribution is 0.0736. The summed E-state index contributed by atoms with van der Waals surface area (Å²) in [6, 6.07) is 5.98. The molecule has 1 aromatic heterocycles. The summed E-state index contributed by atoms with van der Waals surface area (Å²) in [5.74, 6) is 0.0460. The first-order valence-corrected chi connectivity index (χ1v) is 6.17. The second-order valence-corrected chi connectivity index (χ2v) is 4.54. The van der Waals surface area contributed by atoms with E-state index in [2.05, 4.69) is 4.98 Å². The van der Waals surface area contributed by atoms with Gasteiger partial charge in [0.25, 0.3) is 5.91 Å². The maximum absolute atomic E-state index is 12.3. The second kappa shape index (κ2) is 5.27. The van der Waals surface area contributed by atoms with Crippen LogP contribution in [0.25, 0.3) is 0 Å². The topological polar surface area (TPSA) is 59.2 Å². The highest BCUT2D eigenvalue weighted by Crippen LogP contribution is 2.28. The number of pyridine rings is 1. The first kappa shape index (κ1) is 12.0. The lowest BCUT2D eigenvalue weighted by atomic mass is 10.2. The number of aryl methyl sites for hydroxylation is 1. The lowest BCUT2D eigenvalue weighted by Gasteiger charge is -2.21. The average Bonchev–Trinajstić information content (AvgIpc) is 3.14. The van der Waals surface area contributed by atoms with Crippen LogP contribution in [0.3, 0.4) is 0 Å². The molecule has 1 aliphatic rings. The highest BCUT2D eigenvalue weighted by molar-refractivity contribution is 5.92. The second-order valence-electron chi connectivity index (χ2n) is 4.54. The highest BCUT2D eigenvalue weighted by atomic mass is 16.2. The summed E-state index contributed by atoms with van der Waals surface area (Å²) < 4.78 is 0. The van der Waals surface area contributed by atoms with Crippen LogP contribution in [0.2, 0.25) is 0 Å². The Morgan fingerprint density at radius 3 is 2.88 bits per heavy atom. The fourth-order valence-corrected chi connectivity index (χ4v) is 1.91. The molecule has 1 fully saturated rings. The van der Waals surface area contributed by atoms with E-state index in [1.165, 1.54) is 0 Å². The van der Waals surface area contributed by atoms with Crippen molar-refractivity contribution in [2.45, 2.75) is 32.2 Å². The number of nitrogens with two attached hydrogens (primary N) is 1. The third-order valence-corrected chi connectivity index (χ3v) is 2.96. The summed E-state index contributed by atoms with van der Waals surface area (Å²) in [4.78, 5) is 18.5. The largest absolute Gasteiger partial charge is 0.334 e. The molecule has 0 unspecified atom stereocenters. The smallest absolute Gasteiger partial charge is 0.272 e. The summed E-state index contributed by atoms with van der Waals surface area (Å²) >= 11 is 0. The van der Waals surface area contributed by atoms with Crippen LogP contribution < -0.4 is 5.73 Å². The summed E-state index contributed by atoms with van der Waals surface area (Å²) in [6.07, 6.45) is 3.08. The van der Waals surface area contributed by atoms with Crippen molar-refractivity contribution in [3.05, 3.63) is 29.6 Å². The fourth-order valence-electron chi connectivity index (χ4n) is 1.91. The van der Waals surface area contributed by atoms with Gasteiger partial charge in [0.2, 0.25) is 0 Å². The van der Waals surface area contributed by atoms with Gasteiger partial charge in [-0.05, 0) is 44.9 Å². The van der Waals surface area contributed by atoms with Gasteiger partial charge in [-0.3, -0.25) is 4.79 Å². The summed E-state index contributed by atoms with van der Waals surface area (Å²) in [5.41, 5.74) is 6.94. The van der Waals surface area contributed by atoms with Gasteiger partial charge in [0, 0.05) is 18.3 Å². The molecule has 0 saturated heterocycles. The summed E-state index contributed by atoms with van der Waals surface area (Å²) in [6.45, 7) is 3.27. The molecule has 0 radical (unpaired) electrons. The van der Waals surface area contributed by atoms with Crippen LogP contribution in [0.4, 0.5) is 0 Å². The molecule has 92 valence electrons. The third-order valence-electron chi connectivity index (χ3n) is 2.96. The number of hydrogen-bond acceptors (Lipinski definition) is 3. The Bertz CT molecular complexity index is 401. The Morgan fingerprint density at radius 2 is 2.29 bits per heavy atom. The number of aromatic nitrogens is 1. The van der Waals surface area contributed by atoms with E-state index in [9.17, 15) is 4.79 Å². The fraction of sp³-hybridized carbons (Fsp3) is 0.538. The van der Waals surface area contributed by atoms with E-state index < -0.39 is 0 Å². The molecule has 0 atom stereocenters. The minimum atomic E-state index is 0.0460. The Kier molecular flexibility index (Phi) is 3.74. The zero-order chi connectivity index (χ0) is 12.3. The third kappa shape index (κ3) is 3.03. The Morgan fingerprint density at radius 1 is 1.53 bits per heavy atom. The number of nitrogens with zero attached hydrogens (tertiary/aromatic N) is 2. The van der Waals surface area contributed by atoms with Crippen molar-refractivity contribution < 1.29 is 4.79 Å². The number of amides is 1. The van der Waals surface area contributed by atoms with Gasteiger partial charge in [-0.15, -0.1) is 0 Å². The van der Waals surface area contributed by atoms with Gasteiger partial charge in [0.1, 0.15) is 5.69 Å². The molecule has 2 N–H and O–H groups in total. The van der Waals surface area contributed by atoms with E-state index in [0.29, 0.717) is 18.3 Å². The molecule has 0 aromatic carbocycles. The minimum absolute atomic E-state index is 0.0460. The zero-order valence-corrected chi connectivity index (χ0v) is 10.2. The van der Waals surface area contributed by atoms with Crippen molar-refractivity contribution in [3.63, 3.8) is 0 Å². The minimum Gasteiger partial charge on any atom is -0.334 e. The van der Waals surface area contributed by atoms with Crippen molar-refractivity contribution >= 4 is 5.91 Å². The molecule has 1 amide bonds. The quantitative estimate of drug-likeness (QED) is 0.835. The predicted molar refractivity (Wildman–Crippen MR) is 66.7 cm³/mol. The first-order valence-electron chi connectivity index (χ1n) is 6.17. The number of carbonyl (C=O) groups excluding carboxylic acids is 1. The average molecular weight is 233 g/mol. The Balaban J connectivity index is 2.10. The molecular formula is C13H19N3O. The van der Waals surface area contributed by atoms with Crippen molar-refractivity contribution in [2.75, 3.05) is 13.1 Å². The maximum Gasteiger partial charge on any atom is 0.272 e. The van der Waals surface area contributed by atoms with Crippen molar-refractivity contribution in [3.8, 4) is 0 Å². The van der Waals surface area contributed by atoms with Crippen LogP contribution in [0.1, 0.15) is 35.4 Å². The molecule has 1 aromatic rings. The lowest BCUT2D eigenvalue weighted by Crippen LogP contribution is -2.35. The van der Waals surface area contributed by atoms with Gasteiger partial charge >= 0.3 is 0 Å². The van der Waals surface area contributed by atoms with E-state index >= 15 is 0 Å². The van der Waals surface area contributed by atoms with Crippen LogP contribution >= 0.6 is 0 Å². The van der Waals surface area contributed by atoms with Crippen LogP contribution in [0.5, 0.6) is 0 Å². The Hall–Kier alpha value is -1.42. The first-order chi connectivity index (χ1) is 8.22. The van der Waals surface area contributed by atoms with Gasteiger partial charge in [-0.2, -0.15) is 0 Å². The van der Waals surface area contributed by atoms with E-state index in [-0.39, 0.29) is 5.91 Å². The summed E-state index contributed by atoms with van der Waals surface area (Å²) in [5, 5.41) is 0. The van der Waals surface area contributed by atoms with Crippen molar-refractivity contribution in [1.29, 1.82) is 0 Å². The van der Waals surface area contributed by atoms with E-state index in [1.807, 2.05) is 24.0 Å². The molecule has 17 heavy (non-hydrogen) atoms. The van der Waals surface area contributed by atoms with Crippen molar-refractivity contribution in [2.24, 2.45) is 5.73 Å². The van der Waals surface area contributed by atoms with Gasteiger partial charge in [0.05, 0.1) is 0 Å². The van der Waals surface area contributed by atoms with Gasteiger partial charge < -0.3 is 10.6 Å². The number of carbonyl (C=O) groups is 1. The van der Waals surface area contributed by atoms with Crippen LogP contribution in [-0.4, -0.2) is 34.9 Å². The number of hydrogen-bond donors (Lipinski definition) is 1. The van der Waals surface area contributed by atoms with Crippen LogP contribution in [0.15, 0.2) is 18.2 Å². The molecule has 1 saturated carbocycles. The van der Waals surface area contributed by atoms with E-state index in [0.717, 1.165) is 31.5 Å². The molecule has 2 rings (SSSR count). The predicted octanol–water partition coefficient (Wildman–Crippen LogP) is 1.34. The van der Waals surface area contributed by atoms with E-state index in [1.54, 1.807) is 6.07 Å². The molecule has 0 bridgehead atoms. The number of rotatable bonds is 5. The summed E-state index contributed by atoms with van der Waals surface area (Å²) in [7, 11) is 0. The van der Waals surface area contributed by atoms with Gasteiger partial charge in [0.15, 0.2) is 0 Å². The standard InChI is InChI=1S/C13H19N3O/c1-10-4-2-5-12(15-10)13(17)16(9-3-8-14)11-6-7-11/h2,4-5,11H,3,6-9,14H2,1H3. The molecule has 1 aliphatic carbocycles. The van der Waals surface area contributed by atoms with Crippen LogP contribution in [0, 0.1) is 6.92 Å². The van der Waals surface area contributed by atoms with E-state index in [4.69, 9.17) is 5.73 Å². The van der Waals surface area contributed by atoms with Gasteiger partial charge in [-0.25, -0.2) is 4.98 Å². The monoisotopic (exact) mass is 233 g/mol. The Labute approximate surface area is 102 Å². The maximum atomic E-state index is 12.3. The SMILES string of the molecule is Cc1cccc(C(=O)N(CCCN)C2CC2)n1. The molecule has 1 heterocycles. The molecule has 0 aliphatic heterocycles. The zero-order valence-electron chi connectivity index (χ0n) is 10.2. The molecular weight excluding hydrogens is 214 g/mol. The molecule has 0 spiro atoms. The highest BCUT2D eigenvalue weighted by Gasteiger charge is 2.32. The normalized spacial score (nSPS) is 14.7. The molecule has 4 heteroatoms. The van der Waals surface area contributed by atoms with Crippen LogP contribution in [-0.2, 0) is 0 Å². The van der Waals surface area contributed by atoms with Crippen molar-refractivity contribution in [1.82, 2.24) is 9.88 Å². The molecule has 4 nitrogen and oxygen atoms in total. The van der Waals surface area contributed by atoms with Gasteiger partial charge in [-0.1, -0.05) is 6.07 Å².